The summed E-state index contributed by atoms with van der Waals surface area (Å²) in [4.78, 5) is 28.4. The van der Waals surface area contributed by atoms with Gasteiger partial charge in [-0.3, -0.25) is 4.79 Å². The third-order valence-electron chi connectivity index (χ3n) is 6.10. The number of rotatable bonds is 4. The highest BCUT2D eigenvalue weighted by Crippen LogP contribution is 2.41. The Hall–Kier alpha value is -2.80. The summed E-state index contributed by atoms with van der Waals surface area (Å²) >= 11 is 0. The van der Waals surface area contributed by atoms with Crippen molar-refractivity contribution < 1.29 is 15.0 Å². The predicted molar refractivity (Wildman–Crippen MR) is 107 cm³/mol. The van der Waals surface area contributed by atoms with Crippen LogP contribution in [0.2, 0.25) is 0 Å². The maximum absolute atomic E-state index is 12.1. The number of carboxylic acids is 1. The molecule has 2 aliphatic heterocycles. The van der Waals surface area contributed by atoms with Crippen LogP contribution in [-0.4, -0.2) is 47.3 Å². The minimum absolute atomic E-state index is 0.405. The lowest BCUT2D eigenvalue weighted by Gasteiger charge is -2.53. The summed E-state index contributed by atoms with van der Waals surface area (Å²) in [6.07, 6.45) is 2.85. The molecule has 148 valence electrons. The minimum atomic E-state index is -1.43. The van der Waals surface area contributed by atoms with Gasteiger partial charge in [-0.1, -0.05) is 19.1 Å². The number of carboxylic acid groups (broad SMARTS) is 1. The van der Waals surface area contributed by atoms with Gasteiger partial charge in [0, 0.05) is 29.8 Å². The Bertz CT molecular complexity index is 951. The number of piperidine rings is 1. The number of H-pyrrole nitrogens is 1. The minimum Gasteiger partial charge on any atom is -0.506 e. The number of pyridine rings is 1. The summed E-state index contributed by atoms with van der Waals surface area (Å²) in [7, 11) is 0. The number of aromatic nitrogens is 1. The number of nitrogens with one attached hydrogen (secondary N) is 2. The molecule has 4 N–H and O–H groups in total. The van der Waals surface area contributed by atoms with Crippen LogP contribution in [0.3, 0.4) is 0 Å². The molecule has 0 amide bonds. The van der Waals surface area contributed by atoms with Crippen LogP contribution >= 0.6 is 0 Å². The van der Waals surface area contributed by atoms with Gasteiger partial charge in [0.1, 0.15) is 5.75 Å². The van der Waals surface area contributed by atoms with E-state index in [0.717, 1.165) is 37.4 Å². The lowest BCUT2D eigenvalue weighted by Crippen LogP contribution is -2.60. The highest BCUT2D eigenvalue weighted by atomic mass is 16.4. The summed E-state index contributed by atoms with van der Waals surface area (Å²) in [5, 5.41) is 22.9. The van der Waals surface area contributed by atoms with Crippen molar-refractivity contribution in [3.8, 4) is 17.0 Å². The molecular formula is C21H25N3O4. The molecule has 0 bridgehead atoms. The number of aromatic carboxylic acids is 1. The van der Waals surface area contributed by atoms with E-state index in [1.165, 1.54) is 12.8 Å². The Morgan fingerprint density at radius 2 is 1.82 bits per heavy atom. The van der Waals surface area contributed by atoms with E-state index in [4.69, 9.17) is 0 Å². The maximum atomic E-state index is 12.1. The number of anilines is 1. The molecule has 0 unspecified atom stereocenters. The Morgan fingerprint density at radius 3 is 2.39 bits per heavy atom. The lowest BCUT2D eigenvalue weighted by atomic mass is 9.72. The van der Waals surface area contributed by atoms with Crippen LogP contribution < -0.4 is 15.8 Å². The van der Waals surface area contributed by atoms with Gasteiger partial charge in [0.15, 0.2) is 5.56 Å². The second-order valence-corrected chi connectivity index (χ2v) is 7.84. The van der Waals surface area contributed by atoms with E-state index >= 15 is 0 Å². The van der Waals surface area contributed by atoms with Crippen LogP contribution in [0.5, 0.6) is 5.75 Å². The zero-order valence-electron chi connectivity index (χ0n) is 15.9. The van der Waals surface area contributed by atoms with Gasteiger partial charge in [-0.2, -0.15) is 0 Å². The first-order chi connectivity index (χ1) is 13.4. The van der Waals surface area contributed by atoms with Crippen LogP contribution in [-0.2, 0) is 6.42 Å². The zero-order valence-corrected chi connectivity index (χ0v) is 15.9. The number of hydrogen-bond acceptors (Lipinski definition) is 5. The molecule has 2 fully saturated rings. The summed E-state index contributed by atoms with van der Waals surface area (Å²) < 4.78 is 0. The van der Waals surface area contributed by atoms with Gasteiger partial charge < -0.3 is 25.4 Å². The van der Waals surface area contributed by atoms with E-state index in [0.29, 0.717) is 23.1 Å². The summed E-state index contributed by atoms with van der Waals surface area (Å²) in [5.41, 5.74) is 1.84. The van der Waals surface area contributed by atoms with Gasteiger partial charge in [0.25, 0.3) is 5.56 Å². The molecule has 3 heterocycles. The van der Waals surface area contributed by atoms with Crippen molar-refractivity contribution in [1.82, 2.24) is 10.3 Å². The topological polar surface area (TPSA) is 106 Å². The van der Waals surface area contributed by atoms with Crippen LogP contribution in [0.15, 0.2) is 29.1 Å². The average molecular weight is 383 g/mol. The molecule has 7 heteroatoms. The average Bonchev–Trinajstić information content (AvgIpc) is 2.66. The van der Waals surface area contributed by atoms with E-state index in [9.17, 15) is 19.8 Å². The van der Waals surface area contributed by atoms with Gasteiger partial charge in [0.2, 0.25) is 0 Å². The Labute approximate surface area is 163 Å². The van der Waals surface area contributed by atoms with Crippen LogP contribution in [0.1, 0.15) is 35.7 Å². The first-order valence-electron chi connectivity index (χ1n) is 9.71. The number of hydrogen-bond donors (Lipinski definition) is 4. The molecule has 2 saturated heterocycles. The third-order valence-corrected chi connectivity index (χ3v) is 6.10. The molecule has 1 aromatic carbocycles. The van der Waals surface area contributed by atoms with Crippen LogP contribution in [0.4, 0.5) is 5.69 Å². The highest BCUT2D eigenvalue weighted by molar-refractivity contribution is 5.92. The van der Waals surface area contributed by atoms with Crippen molar-refractivity contribution in [3.05, 3.63) is 45.7 Å². The fourth-order valence-electron chi connectivity index (χ4n) is 4.48. The van der Waals surface area contributed by atoms with E-state index in [2.05, 4.69) is 15.2 Å². The molecule has 0 aliphatic carbocycles. The highest BCUT2D eigenvalue weighted by Gasteiger charge is 2.43. The fourth-order valence-corrected chi connectivity index (χ4v) is 4.48. The number of benzene rings is 1. The molecule has 4 rings (SSSR count). The van der Waals surface area contributed by atoms with Crippen molar-refractivity contribution in [3.63, 3.8) is 0 Å². The van der Waals surface area contributed by atoms with Crippen LogP contribution in [0.25, 0.3) is 11.3 Å². The quantitative estimate of drug-likeness (QED) is 0.645. The SMILES string of the molecule is CCc1c(-c2ccc(N3CC4(CCNCC4)C3)cc2)[nH]c(=O)c(C(=O)O)c1O. The molecule has 2 aromatic rings. The smallest absolute Gasteiger partial charge is 0.345 e. The van der Waals surface area contributed by atoms with Crippen LogP contribution in [0, 0.1) is 5.41 Å². The van der Waals surface area contributed by atoms with Crippen molar-refractivity contribution in [1.29, 1.82) is 0 Å². The molecule has 1 aromatic heterocycles. The molecule has 7 nitrogen and oxygen atoms in total. The Balaban J connectivity index is 1.60. The molecule has 0 saturated carbocycles. The van der Waals surface area contributed by atoms with Gasteiger partial charge in [-0.25, -0.2) is 4.79 Å². The van der Waals surface area contributed by atoms with Crippen molar-refractivity contribution in [2.45, 2.75) is 26.2 Å². The van der Waals surface area contributed by atoms with Gasteiger partial charge >= 0.3 is 5.97 Å². The first kappa shape index (κ1) is 18.6. The number of nitrogens with zero attached hydrogens (tertiary/aromatic N) is 1. The second-order valence-electron chi connectivity index (χ2n) is 7.84. The van der Waals surface area contributed by atoms with Crippen molar-refractivity contribution in [2.24, 2.45) is 5.41 Å². The van der Waals surface area contributed by atoms with Crippen molar-refractivity contribution >= 4 is 11.7 Å². The van der Waals surface area contributed by atoms with Crippen molar-refractivity contribution in [2.75, 3.05) is 31.1 Å². The molecule has 2 aliphatic rings. The maximum Gasteiger partial charge on any atom is 0.345 e. The first-order valence-corrected chi connectivity index (χ1v) is 9.71. The standard InChI is InChI=1S/C21H25N3O4/c1-2-15-17(23-19(26)16(18(15)25)20(27)28)13-3-5-14(6-4-13)24-11-21(12-24)7-9-22-10-8-21/h3-6,22H,2,7-12H2,1H3,(H,27,28)(H2,23,25,26). The second kappa shape index (κ2) is 6.98. The largest absolute Gasteiger partial charge is 0.506 e. The lowest BCUT2D eigenvalue weighted by molar-refractivity contribution is 0.0691. The van der Waals surface area contributed by atoms with E-state index in [-0.39, 0.29) is 0 Å². The Morgan fingerprint density at radius 1 is 1.18 bits per heavy atom. The van der Waals surface area contributed by atoms with E-state index in [1.807, 2.05) is 31.2 Å². The number of carbonyl (C=O) groups is 1. The number of aromatic amines is 1. The van der Waals surface area contributed by atoms with Gasteiger partial charge in [0.05, 0.1) is 5.69 Å². The van der Waals surface area contributed by atoms with E-state index < -0.39 is 22.8 Å². The molecule has 0 atom stereocenters. The summed E-state index contributed by atoms with van der Waals surface area (Å²) in [5.74, 6) is -1.88. The predicted octanol–water partition coefficient (Wildman–Crippen LogP) is 2.20. The third kappa shape index (κ3) is 3.05. The van der Waals surface area contributed by atoms with Gasteiger partial charge in [-0.15, -0.1) is 0 Å². The van der Waals surface area contributed by atoms with E-state index in [1.54, 1.807) is 0 Å². The fraction of sp³-hybridized carbons (Fsp3) is 0.429. The normalized spacial score (nSPS) is 18.1. The Kier molecular flexibility index (Phi) is 4.63. The monoisotopic (exact) mass is 383 g/mol. The molecule has 1 spiro atoms. The number of aromatic hydroxyl groups is 1. The molecular weight excluding hydrogens is 358 g/mol. The van der Waals surface area contributed by atoms with Gasteiger partial charge in [-0.05, 0) is 50.0 Å². The molecule has 28 heavy (non-hydrogen) atoms. The summed E-state index contributed by atoms with van der Waals surface area (Å²) in [6.45, 7) is 6.14. The summed E-state index contributed by atoms with van der Waals surface area (Å²) in [6, 6.07) is 7.85. The molecule has 0 radical (unpaired) electrons. The zero-order chi connectivity index (χ0) is 19.9.